The van der Waals surface area contributed by atoms with Gasteiger partial charge in [0.2, 0.25) is 5.91 Å². The lowest BCUT2D eigenvalue weighted by Crippen LogP contribution is -2.29. The average Bonchev–Trinajstić information content (AvgIpc) is 3.22. The fraction of sp³-hybridized carbons (Fsp3) is 0.273. The predicted molar refractivity (Wildman–Crippen MR) is 125 cm³/mol. The van der Waals surface area contributed by atoms with Crippen LogP contribution >= 0.6 is 11.8 Å². The number of thioether (sulfide) groups is 1. The summed E-state index contributed by atoms with van der Waals surface area (Å²) >= 11 is 1.17. The maximum atomic E-state index is 13.9. The molecule has 2 amide bonds. The van der Waals surface area contributed by atoms with Crippen LogP contribution < -0.4 is 10.6 Å². The van der Waals surface area contributed by atoms with Crippen molar-refractivity contribution in [1.82, 2.24) is 20.1 Å². The number of anilines is 1. The molecule has 1 aromatic heterocycles. The number of non-ortho nitro benzene ring substituents is 1. The zero-order chi connectivity index (χ0) is 24.8. The molecule has 3 rings (SSSR count). The minimum atomic E-state index is -0.616. The predicted octanol–water partition coefficient (Wildman–Crippen LogP) is 3.88. The van der Waals surface area contributed by atoms with Gasteiger partial charge in [0, 0.05) is 24.4 Å². The minimum Gasteiger partial charge on any atom is -0.342 e. The molecule has 178 valence electrons. The SMILES string of the molecule is CCn1c(SCC(=O)Nc2ccc([N+](=O)[O-])cc2C)nnc1[C@H](C)NC(=O)c1ccccc1F. The fourth-order valence-corrected chi connectivity index (χ4v) is 4.04. The lowest BCUT2D eigenvalue weighted by Gasteiger charge is -2.15. The highest BCUT2D eigenvalue weighted by Crippen LogP contribution is 2.24. The fourth-order valence-electron chi connectivity index (χ4n) is 3.23. The van der Waals surface area contributed by atoms with E-state index in [1.807, 2.05) is 6.92 Å². The number of benzene rings is 2. The van der Waals surface area contributed by atoms with Crippen LogP contribution in [-0.2, 0) is 11.3 Å². The number of nitrogens with one attached hydrogen (secondary N) is 2. The highest BCUT2D eigenvalue weighted by atomic mass is 32.2. The van der Waals surface area contributed by atoms with Crippen LogP contribution in [0, 0.1) is 22.9 Å². The number of nitro groups is 1. The van der Waals surface area contributed by atoms with Crippen molar-refractivity contribution in [1.29, 1.82) is 0 Å². The molecule has 34 heavy (non-hydrogen) atoms. The lowest BCUT2D eigenvalue weighted by molar-refractivity contribution is -0.384. The number of amides is 2. The van der Waals surface area contributed by atoms with Crippen molar-refractivity contribution in [3.05, 3.63) is 75.3 Å². The van der Waals surface area contributed by atoms with Gasteiger partial charge in [0.25, 0.3) is 11.6 Å². The van der Waals surface area contributed by atoms with E-state index in [1.165, 1.54) is 48.2 Å². The van der Waals surface area contributed by atoms with E-state index in [4.69, 9.17) is 0 Å². The number of hydrogen-bond acceptors (Lipinski definition) is 7. The summed E-state index contributed by atoms with van der Waals surface area (Å²) in [4.78, 5) is 35.2. The number of nitro benzene ring substituents is 1. The molecule has 0 spiro atoms. The van der Waals surface area contributed by atoms with Gasteiger partial charge in [-0.15, -0.1) is 10.2 Å². The molecule has 2 N–H and O–H groups in total. The first-order valence-electron chi connectivity index (χ1n) is 10.4. The van der Waals surface area contributed by atoms with Crippen molar-refractivity contribution in [3.63, 3.8) is 0 Å². The number of halogens is 1. The molecule has 10 nitrogen and oxygen atoms in total. The molecule has 12 heteroatoms. The summed E-state index contributed by atoms with van der Waals surface area (Å²) in [6, 6.07) is 9.35. The van der Waals surface area contributed by atoms with Crippen LogP contribution in [0.1, 0.15) is 41.6 Å². The van der Waals surface area contributed by atoms with Crippen molar-refractivity contribution in [2.45, 2.75) is 38.5 Å². The van der Waals surface area contributed by atoms with E-state index in [0.717, 1.165) is 0 Å². The first kappa shape index (κ1) is 24.8. The maximum Gasteiger partial charge on any atom is 0.269 e. The van der Waals surface area contributed by atoms with Gasteiger partial charge >= 0.3 is 0 Å². The highest BCUT2D eigenvalue weighted by Gasteiger charge is 2.21. The molecule has 0 saturated heterocycles. The van der Waals surface area contributed by atoms with Gasteiger partial charge < -0.3 is 15.2 Å². The maximum absolute atomic E-state index is 13.9. The van der Waals surface area contributed by atoms with E-state index in [0.29, 0.717) is 28.8 Å². The number of nitrogens with zero attached hydrogens (tertiary/aromatic N) is 4. The molecule has 0 bridgehead atoms. The van der Waals surface area contributed by atoms with Gasteiger partial charge in [-0.05, 0) is 44.5 Å². The van der Waals surface area contributed by atoms with Gasteiger partial charge in [0.15, 0.2) is 11.0 Å². The number of aromatic nitrogens is 3. The number of rotatable bonds is 9. The summed E-state index contributed by atoms with van der Waals surface area (Å²) in [6.45, 7) is 5.76. The Morgan fingerprint density at radius 2 is 1.97 bits per heavy atom. The molecule has 0 aliphatic carbocycles. The molecule has 1 heterocycles. The Morgan fingerprint density at radius 1 is 1.24 bits per heavy atom. The Morgan fingerprint density at radius 3 is 2.62 bits per heavy atom. The summed E-state index contributed by atoms with van der Waals surface area (Å²) in [5.41, 5.74) is 0.943. The molecular formula is C22H23FN6O4S. The first-order chi connectivity index (χ1) is 16.2. The number of carbonyl (C=O) groups is 2. The quantitative estimate of drug-likeness (QED) is 0.266. The second-order valence-electron chi connectivity index (χ2n) is 7.35. The minimum absolute atomic E-state index is 0.0323. The van der Waals surface area contributed by atoms with Gasteiger partial charge in [-0.1, -0.05) is 23.9 Å². The van der Waals surface area contributed by atoms with E-state index in [-0.39, 0.29) is 22.9 Å². The zero-order valence-corrected chi connectivity index (χ0v) is 19.6. The van der Waals surface area contributed by atoms with E-state index in [2.05, 4.69) is 20.8 Å². The Kier molecular flexibility index (Phi) is 7.95. The summed E-state index contributed by atoms with van der Waals surface area (Å²) in [5.74, 6) is -0.987. The van der Waals surface area contributed by atoms with Crippen LogP contribution in [0.4, 0.5) is 15.8 Å². The van der Waals surface area contributed by atoms with Crippen LogP contribution in [-0.4, -0.2) is 37.3 Å². The molecule has 0 unspecified atom stereocenters. The number of carbonyl (C=O) groups excluding carboxylic acids is 2. The standard InChI is InChI=1S/C22H23FN6O4S/c1-4-28-20(14(3)24-21(31)16-7-5-6-8-17(16)23)26-27-22(28)34-12-19(30)25-18-10-9-15(29(32)33)11-13(18)2/h5-11,14H,4,12H2,1-3H3,(H,24,31)(H,25,30)/t14-/m0/s1. The topological polar surface area (TPSA) is 132 Å². The van der Waals surface area contributed by atoms with Crippen LogP contribution in [0.5, 0.6) is 0 Å². The smallest absolute Gasteiger partial charge is 0.269 e. The Bertz CT molecular complexity index is 1230. The van der Waals surface area contributed by atoms with Gasteiger partial charge in [0.1, 0.15) is 5.82 Å². The van der Waals surface area contributed by atoms with Crippen molar-refractivity contribution in [2.24, 2.45) is 0 Å². The Balaban J connectivity index is 1.64. The third-order valence-corrected chi connectivity index (χ3v) is 5.91. The van der Waals surface area contributed by atoms with Gasteiger partial charge in [0.05, 0.1) is 22.3 Å². The van der Waals surface area contributed by atoms with Crippen molar-refractivity contribution in [3.8, 4) is 0 Å². The van der Waals surface area contributed by atoms with E-state index in [9.17, 15) is 24.1 Å². The summed E-state index contributed by atoms with van der Waals surface area (Å²) in [7, 11) is 0. The lowest BCUT2D eigenvalue weighted by atomic mass is 10.2. The molecule has 0 aliphatic heterocycles. The molecule has 3 aromatic rings. The molecule has 2 aromatic carbocycles. The Hall–Kier alpha value is -3.80. The van der Waals surface area contributed by atoms with Crippen LogP contribution in [0.3, 0.4) is 0 Å². The van der Waals surface area contributed by atoms with Gasteiger partial charge in [-0.25, -0.2) is 4.39 Å². The monoisotopic (exact) mass is 486 g/mol. The van der Waals surface area contributed by atoms with E-state index < -0.39 is 22.7 Å². The first-order valence-corrected chi connectivity index (χ1v) is 11.4. The van der Waals surface area contributed by atoms with Gasteiger partial charge in [-0.3, -0.25) is 19.7 Å². The molecule has 0 saturated carbocycles. The third kappa shape index (κ3) is 5.76. The summed E-state index contributed by atoms with van der Waals surface area (Å²) in [5, 5.41) is 25.1. The highest BCUT2D eigenvalue weighted by molar-refractivity contribution is 7.99. The van der Waals surface area contributed by atoms with Gasteiger partial charge in [-0.2, -0.15) is 0 Å². The molecule has 0 radical (unpaired) electrons. The third-order valence-electron chi connectivity index (χ3n) is 4.94. The van der Waals surface area contributed by atoms with Crippen LogP contribution in [0.15, 0.2) is 47.6 Å². The van der Waals surface area contributed by atoms with Crippen molar-refractivity contribution < 1.29 is 18.9 Å². The second-order valence-corrected chi connectivity index (χ2v) is 8.30. The van der Waals surface area contributed by atoms with Crippen molar-refractivity contribution >= 4 is 35.0 Å². The van der Waals surface area contributed by atoms with Crippen LogP contribution in [0.25, 0.3) is 0 Å². The van der Waals surface area contributed by atoms with Crippen molar-refractivity contribution in [2.75, 3.05) is 11.1 Å². The Labute approximate surface area is 199 Å². The van der Waals surface area contributed by atoms with Crippen LogP contribution in [0.2, 0.25) is 0 Å². The molecular weight excluding hydrogens is 463 g/mol. The second kappa shape index (κ2) is 10.9. The molecule has 0 fully saturated rings. The number of aryl methyl sites for hydroxylation is 1. The molecule has 0 aliphatic rings. The van der Waals surface area contributed by atoms with E-state index >= 15 is 0 Å². The van der Waals surface area contributed by atoms with E-state index in [1.54, 1.807) is 24.5 Å². The zero-order valence-electron chi connectivity index (χ0n) is 18.7. The average molecular weight is 487 g/mol. The summed E-state index contributed by atoms with van der Waals surface area (Å²) < 4.78 is 15.7. The summed E-state index contributed by atoms with van der Waals surface area (Å²) in [6.07, 6.45) is 0. The number of hydrogen-bond donors (Lipinski definition) is 2. The normalized spacial score (nSPS) is 11.6. The molecule has 1 atom stereocenters. The largest absolute Gasteiger partial charge is 0.342 e.